The smallest absolute Gasteiger partial charge is 0.270 e. The number of carbonyl (C=O) groups excluding carboxylic acids is 1. The van der Waals surface area contributed by atoms with Gasteiger partial charge in [-0.2, -0.15) is 0 Å². The van der Waals surface area contributed by atoms with Crippen LogP contribution in [-0.4, -0.2) is 36.9 Å². The fraction of sp³-hybridized carbons (Fsp3) is 0.312. The summed E-state index contributed by atoms with van der Waals surface area (Å²) in [5.41, 5.74) is 1.23. The fourth-order valence-corrected chi connectivity index (χ4v) is 2.59. The van der Waals surface area contributed by atoms with Crippen molar-refractivity contribution in [2.75, 3.05) is 11.9 Å². The standard InChI is InChI=1S/C16H21N5O3S/c1-11(2)20-15(22)14-8-10-19-16(21-14)18-9-7-12-3-5-13(6-4-12)25(17,23)24/h3-6,8,10-11H,7,9H2,1-2H3,(H,20,22)(H2,17,23,24)(H,18,19,21). The summed E-state index contributed by atoms with van der Waals surface area (Å²) in [5.74, 6) is 0.108. The Balaban J connectivity index is 1.92. The molecule has 0 saturated heterocycles. The number of amides is 1. The van der Waals surface area contributed by atoms with E-state index in [2.05, 4.69) is 20.6 Å². The van der Waals surface area contributed by atoms with Crippen LogP contribution in [0.25, 0.3) is 0 Å². The van der Waals surface area contributed by atoms with E-state index >= 15 is 0 Å². The Bertz CT molecular complexity index is 835. The molecule has 0 atom stereocenters. The van der Waals surface area contributed by atoms with Gasteiger partial charge < -0.3 is 10.6 Å². The molecule has 2 rings (SSSR count). The minimum atomic E-state index is -3.68. The van der Waals surface area contributed by atoms with Crippen molar-refractivity contribution in [2.24, 2.45) is 5.14 Å². The number of rotatable bonds is 7. The topological polar surface area (TPSA) is 127 Å². The molecule has 1 aromatic carbocycles. The van der Waals surface area contributed by atoms with Crippen molar-refractivity contribution >= 4 is 21.9 Å². The predicted molar refractivity (Wildman–Crippen MR) is 94.6 cm³/mol. The number of nitrogens with zero attached hydrogens (tertiary/aromatic N) is 2. The Kier molecular flexibility index (Phi) is 6.05. The van der Waals surface area contributed by atoms with Gasteiger partial charge in [0.25, 0.3) is 5.91 Å². The van der Waals surface area contributed by atoms with Crippen LogP contribution < -0.4 is 15.8 Å². The van der Waals surface area contributed by atoms with E-state index in [1.165, 1.54) is 18.3 Å². The summed E-state index contributed by atoms with van der Waals surface area (Å²) in [6.45, 7) is 4.28. The van der Waals surface area contributed by atoms with E-state index in [1.54, 1.807) is 18.2 Å². The average molecular weight is 363 g/mol. The van der Waals surface area contributed by atoms with Gasteiger partial charge in [-0.05, 0) is 44.0 Å². The quantitative estimate of drug-likeness (QED) is 0.671. The number of anilines is 1. The zero-order valence-electron chi connectivity index (χ0n) is 14.1. The fourth-order valence-electron chi connectivity index (χ4n) is 2.07. The molecule has 0 saturated carbocycles. The lowest BCUT2D eigenvalue weighted by atomic mass is 10.1. The van der Waals surface area contributed by atoms with E-state index in [9.17, 15) is 13.2 Å². The molecule has 1 aromatic heterocycles. The lowest BCUT2D eigenvalue weighted by Crippen LogP contribution is -2.31. The Morgan fingerprint density at radius 2 is 1.88 bits per heavy atom. The molecule has 4 N–H and O–H groups in total. The Morgan fingerprint density at radius 3 is 2.48 bits per heavy atom. The number of aromatic nitrogens is 2. The number of hydrogen-bond acceptors (Lipinski definition) is 6. The van der Waals surface area contributed by atoms with E-state index in [4.69, 9.17) is 5.14 Å². The van der Waals surface area contributed by atoms with Gasteiger partial charge in [0.1, 0.15) is 5.69 Å². The van der Waals surface area contributed by atoms with Crippen molar-refractivity contribution in [1.29, 1.82) is 0 Å². The van der Waals surface area contributed by atoms with Gasteiger partial charge in [0.15, 0.2) is 0 Å². The highest BCUT2D eigenvalue weighted by molar-refractivity contribution is 7.89. The molecule has 2 aromatic rings. The Labute approximate surface area is 146 Å². The highest BCUT2D eigenvalue weighted by atomic mass is 32.2. The molecular weight excluding hydrogens is 342 g/mol. The maximum absolute atomic E-state index is 11.9. The second-order valence-corrected chi connectivity index (χ2v) is 7.32. The molecule has 0 aliphatic rings. The molecular formula is C16H21N5O3S. The zero-order valence-corrected chi connectivity index (χ0v) is 14.9. The molecule has 0 aliphatic carbocycles. The summed E-state index contributed by atoms with van der Waals surface area (Å²) in [6.07, 6.45) is 2.15. The van der Waals surface area contributed by atoms with Gasteiger partial charge in [-0.15, -0.1) is 0 Å². The number of primary sulfonamides is 1. The second kappa shape index (κ2) is 8.04. The summed E-state index contributed by atoms with van der Waals surface area (Å²) in [5, 5.41) is 10.9. The lowest BCUT2D eigenvalue weighted by molar-refractivity contribution is 0.0938. The van der Waals surface area contributed by atoms with Gasteiger partial charge in [0.2, 0.25) is 16.0 Å². The van der Waals surface area contributed by atoms with Crippen LogP contribution in [0.5, 0.6) is 0 Å². The van der Waals surface area contributed by atoms with Crippen molar-refractivity contribution in [3.63, 3.8) is 0 Å². The second-order valence-electron chi connectivity index (χ2n) is 5.76. The van der Waals surface area contributed by atoms with Gasteiger partial charge in [-0.3, -0.25) is 4.79 Å². The van der Waals surface area contributed by atoms with Gasteiger partial charge in [-0.25, -0.2) is 23.5 Å². The number of hydrogen-bond donors (Lipinski definition) is 3. The molecule has 0 bridgehead atoms. The number of nitrogens with one attached hydrogen (secondary N) is 2. The van der Waals surface area contributed by atoms with Gasteiger partial charge in [0, 0.05) is 18.8 Å². The summed E-state index contributed by atoms with van der Waals surface area (Å²) in [4.78, 5) is 20.3. The van der Waals surface area contributed by atoms with E-state index in [1.807, 2.05) is 13.8 Å². The van der Waals surface area contributed by atoms with E-state index in [0.717, 1.165) is 5.56 Å². The molecule has 134 valence electrons. The lowest BCUT2D eigenvalue weighted by Gasteiger charge is -2.09. The largest absolute Gasteiger partial charge is 0.354 e. The molecule has 0 fully saturated rings. The van der Waals surface area contributed by atoms with Crippen LogP contribution in [0.3, 0.4) is 0 Å². The van der Waals surface area contributed by atoms with E-state index in [-0.39, 0.29) is 16.8 Å². The number of nitrogens with two attached hydrogens (primary N) is 1. The molecule has 25 heavy (non-hydrogen) atoms. The first-order valence-electron chi connectivity index (χ1n) is 7.75. The van der Waals surface area contributed by atoms with Crippen molar-refractivity contribution in [1.82, 2.24) is 15.3 Å². The number of sulfonamides is 1. The van der Waals surface area contributed by atoms with Crippen molar-refractivity contribution in [3.05, 3.63) is 47.8 Å². The van der Waals surface area contributed by atoms with Crippen LogP contribution >= 0.6 is 0 Å². The maximum Gasteiger partial charge on any atom is 0.270 e. The van der Waals surface area contributed by atoms with E-state index < -0.39 is 10.0 Å². The summed E-state index contributed by atoms with van der Waals surface area (Å²) in [7, 11) is -3.68. The highest BCUT2D eigenvalue weighted by Crippen LogP contribution is 2.09. The van der Waals surface area contributed by atoms with Crippen LogP contribution in [-0.2, 0) is 16.4 Å². The highest BCUT2D eigenvalue weighted by Gasteiger charge is 2.10. The summed E-state index contributed by atoms with van der Waals surface area (Å²) >= 11 is 0. The summed E-state index contributed by atoms with van der Waals surface area (Å²) < 4.78 is 22.4. The molecule has 1 amide bonds. The van der Waals surface area contributed by atoms with Crippen molar-refractivity contribution in [3.8, 4) is 0 Å². The first kappa shape index (κ1) is 18.8. The van der Waals surface area contributed by atoms with Gasteiger partial charge in [-0.1, -0.05) is 12.1 Å². The first-order valence-corrected chi connectivity index (χ1v) is 9.30. The molecule has 0 aliphatic heterocycles. The Morgan fingerprint density at radius 1 is 1.20 bits per heavy atom. The molecule has 0 radical (unpaired) electrons. The van der Waals surface area contributed by atoms with Crippen LogP contribution in [0.15, 0.2) is 41.4 Å². The molecule has 9 heteroatoms. The predicted octanol–water partition coefficient (Wildman–Crippen LogP) is 0.917. The third-order valence-electron chi connectivity index (χ3n) is 3.26. The summed E-state index contributed by atoms with van der Waals surface area (Å²) in [6, 6.07) is 7.92. The SMILES string of the molecule is CC(C)NC(=O)c1ccnc(NCCc2ccc(S(N)(=O)=O)cc2)n1. The third-order valence-corrected chi connectivity index (χ3v) is 4.19. The maximum atomic E-state index is 11.9. The van der Waals surface area contributed by atoms with E-state index in [0.29, 0.717) is 24.6 Å². The minimum absolute atomic E-state index is 0.0270. The monoisotopic (exact) mass is 363 g/mol. The molecule has 0 unspecified atom stereocenters. The third kappa shape index (κ3) is 5.80. The first-order chi connectivity index (χ1) is 11.8. The number of benzene rings is 1. The van der Waals surface area contributed by atoms with Crippen LogP contribution in [0, 0.1) is 0 Å². The van der Waals surface area contributed by atoms with Crippen LogP contribution in [0.4, 0.5) is 5.95 Å². The minimum Gasteiger partial charge on any atom is -0.354 e. The Hall–Kier alpha value is -2.52. The van der Waals surface area contributed by atoms with Crippen LogP contribution in [0.1, 0.15) is 29.9 Å². The molecule has 1 heterocycles. The van der Waals surface area contributed by atoms with Crippen LogP contribution in [0.2, 0.25) is 0 Å². The molecule has 0 spiro atoms. The van der Waals surface area contributed by atoms with Crippen molar-refractivity contribution in [2.45, 2.75) is 31.2 Å². The number of carbonyl (C=O) groups is 1. The van der Waals surface area contributed by atoms with Crippen molar-refractivity contribution < 1.29 is 13.2 Å². The molecule has 8 nitrogen and oxygen atoms in total. The average Bonchev–Trinajstić information content (AvgIpc) is 2.54. The van der Waals surface area contributed by atoms with Gasteiger partial charge >= 0.3 is 0 Å². The normalized spacial score (nSPS) is 11.4. The van der Waals surface area contributed by atoms with Gasteiger partial charge in [0.05, 0.1) is 4.90 Å². The zero-order chi connectivity index (χ0) is 18.4.